The first-order chi connectivity index (χ1) is 11.6. The maximum atomic E-state index is 5.92. The van der Waals surface area contributed by atoms with Crippen molar-refractivity contribution in [1.29, 1.82) is 0 Å². The lowest BCUT2D eigenvalue weighted by Gasteiger charge is -2.12. The SMILES string of the molecule is C=C(C)COc1ccc(-c2nc3ccccn3c2C(C)CN)cc1. The maximum Gasteiger partial charge on any atom is 0.137 e. The van der Waals surface area contributed by atoms with Gasteiger partial charge in [-0.2, -0.15) is 0 Å². The number of hydrogen-bond acceptors (Lipinski definition) is 3. The summed E-state index contributed by atoms with van der Waals surface area (Å²) in [5.74, 6) is 1.05. The molecular formula is C20H23N3O. The van der Waals surface area contributed by atoms with E-state index in [-0.39, 0.29) is 5.92 Å². The molecule has 2 N–H and O–H groups in total. The summed E-state index contributed by atoms with van der Waals surface area (Å²) in [6.07, 6.45) is 2.04. The molecule has 3 rings (SSSR count). The van der Waals surface area contributed by atoms with Crippen molar-refractivity contribution >= 4 is 5.65 Å². The van der Waals surface area contributed by atoms with E-state index in [1.165, 1.54) is 0 Å². The fraction of sp³-hybridized carbons (Fsp3) is 0.250. The lowest BCUT2D eigenvalue weighted by molar-refractivity contribution is 0.353. The number of nitrogens with zero attached hydrogens (tertiary/aromatic N) is 2. The van der Waals surface area contributed by atoms with E-state index in [1.54, 1.807) is 0 Å². The minimum Gasteiger partial charge on any atom is -0.489 e. The van der Waals surface area contributed by atoms with Crippen LogP contribution in [0, 0.1) is 0 Å². The van der Waals surface area contributed by atoms with Crippen molar-refractivity contribution in [3.8, 4) is 17.0 Å². The molecule has 0 amide bonds. The van der Waals surface area contributed by atoms with Crippen LogP contribution < -0.4 is 10.5 Å². The Balaban J connectivity index is 2.01. The van der Waals surface area contributed by atoms with Crippen molar-refractivity contribution in [1.82, 2.24) is 9.38 Å². The summed E-state index contributed by atoms with van der Waals surface area (Å²) in [7, 11) is 0. The summed E-state index contributed by atoms with van der Waals surface area (Å²) in [6, 6.07) is 14.1. The Kier molecular flexibility index (Phi) is 4.67. The summed E-state index contributed by atoms with van der Waals surface area (Å²) < 4.78 is 7.79. The Morgan fingerprint density at radius 2 is 2.00 bits per heavy atom. The van der Waals surface area contributed by atoms with Gasteiger partial charge in [0.25, 0.3) is 0 Å². The molecule has 0 aliphatic carbocycles. The summed E-state index contributed by atoms with van der Waals surface area (Å²) in [6.45, 7) is 9.04. The topological polar surface area (TPSA) is 52.5 Å². The fourth-order valence-corrected chi connectivity index (χ4v) is 2.73. The third-order valence-electron chi connectivity index (χ3n) is 4.00. The molecular weight excluding hydrogens is 298 g/mol. The van der Waals surface area contributed by atoms with Crippen molar-refractivity contribution in [2.24, 2.45) is 5.73 Å². The molecule has 0 spiro atoms. The molecule has 3 aromatic rings. The van der Waals surface area contributed by atoms with E-state index in [9.17, 15) is 0 Å². The molecule has 1 atom stereocenters. The van der Waals surface area contributed by atoms with Gasteiger partial charge in [-0.15, -0.1) is 0 Å². The normalized spacial score (nSPS) is 12.3. The van der Waals surface area contributed by atoms with Crippen molar-refractivity contribution < 1.29 is 4.74 Å². The summed E-state index contributed by atoms with van der Waals surface area (Å²) in [4.78, 5) is 4.81. The molecule has 124 valence electrons. The fourth-order valence-electron chi connectivity index (χ4n) is 2.73. The molecule has 2 aromatic heterocycles. The zero-order valence-corrected chi connectivity index (χ0v) is 14.2. The minimum atomic E-state index is 0.219. The van der Waals surface area contributed by atoms with Crippen molar-refractivity contribution in [3.63, 3.8) is 0 Å². The Bertz CT molecular complexity index is 849. The molecule has 4 nitrogen and oxygen atoms in total. The zero-order chi connectivity index (χ0) is 17.1. The molecule has 24 heavy (non-hydrogen) atoms. The maximum absolute atomic E-state index is 5.92. The standard InChI is InChI=1S/C20H23N3O/c1-14(2)13-24-17-9-7-16(8-10-17)19-20(15(3)12-21)23-11-5-4-6-18(23)22-19/h4-11,15H,1,12-13,21H2,2-3H3. The van der Waals surface area contributed by atoms with Crippen LogP contribution in [-0.4, -0.2) is 22.5 Å². The number of ether oxygens (including phenoxy) is 1. The summed E-state index contributed by atoms with van der Waals surface area (Å²) in [5.41, 5.74) is 11.0. The zero-order valence-electron chi connectivity index (χ0n) is 14.2. The summed E-state index contributed by atoms with van der Waals surface area (Å²) >= 11 is 0. The van der Waals surface area contributed by atoms with Crippen LogP contribution in [0.25, 0.3) is 16.9 Å². The molecule has 2 heterocycles. The molecule has 0 aliphatic rings. The highest BCUT2D eigenvalue weighted by atomic mass is 16.5. The highest BCUT2D eigenvalue weighted by Crippen LogP contribution is 2.30. The molecule has 0 aliphatic heterocycles. The Morgan fingerprint density at radius 3 is 2.67 bits per heavy atom. The number of hydrogen-bond donors (Lipinski definition) is 1. The van der Waals surface area contributed by atoms with Gasteiger partial charge in [0.15, 0.2) is 0 Å². The van der Waals surface area contributed by atoms with Crippen LogP contribution in [-0.2, 0) is 0 Å². The van der Waals surface area contributed by atoms with E-state index >= 15 is 0 Å². The second-order valence-electron chi connectivity index (χ2n) is 6.18. The van der Waals surface area contributed by atoms with E-state index in [0.29, 0.717) is 13.2 Å². The molecule has 0 bridgehead atoms. The van der Waals surface area contributed by atoms with Gasteiger partial charge >= 0.3 is 0 Å². The van der Waals surface area contributed by atoms with Crippen LogP contribution in [0.15, 0.2) is 60.8 Å². The first kappa shape index (κ1) is 16.3. The molecule has 0 saturated carbocycles. The van der Waals surface area contributed by atoms with Crippen molar-refractivity contribution in [2.45, 2.75) is 19.8 Å². The van der Waals surface area contributed by atoms with Crippen LogP contribution in [0.1, 0.15) is 25.5 Å². The van der Waals surface area contributed by atoms with Crippen LogP contribution in [0.5, 0.6) is 5.75 Å². The highest BCUT2D eigenvalue weighted by molar-refractivity contribution is 5.68. The average Bonchev–Trinajstić information content (AvgIpc) is 2.99. The number of pyridine rings is 1. The third-order valence-corrected chi connectivity index (χ3v) is 4.00. The molecule has 0 radical (unpaired) electrons. The predicted octanol–water partition coefficient (Wildman–Crippen LogP) is 4.02. The lowest BCUT2D eigenvalue weighted by atomic mass is 10.0. The molecule has 4 heteroatoms. The quantitative estimate of drug-likeness (QED) is 0.698. The first-order valence-electron chi connectivity index (χ1n) is 8.15. The number of imidazole rings is 1. The Morgan fingerprint density at radius 1 is 1.25 bits per heavy atom. The van der Waals surface area contributed by atoms with Gasteiger partial charge in [0.1, 0.15) is 18.0 Å². The van der Waals surface area contributed by atoms with Gasteiger partial charge in [-0.3, -0.25) is 0 Å². The second-order valence-corrected chi connectivity index (χ2v) is 6.18. The summed E-state index contributed by atoms with van der Waals surface area (Å²) in [5, 5.41) is 0. The smallest absolute Gasteiger partial charge is 0.137 e. The minimum absolute atomic E-state index is 0.219. The number of rotatable bonds is 6. The number of fused-ring (bicyclic) bond motifs is 1. The number of aromatic nitrogens is 2. The molecule has 1 aromatic carbocycles. The van der Waals surface area contributed by atoms with Gasteiger partial charge in [-0.1, -0.05) is 19.6 Å². The molecule has 1 unspecified atom stereocenters. The lowest BCUT2D eigenvalue weighted by Crippen LogP contribution is -2.12. The van der Waals surface area contributed by atoms with Gasteiger partial charge in [0.05, 0.1) is 11.4 Å². The van der Waals surface area contributed by atoms with Gasteiger partial charge in [-0.25, -0.2) is 4.98 Å². The van der Waals surface area contributed by atoms with Crippen LogP contribution >= 0.6 is 0 Å². The van der Waals surface area contributed by atoms with E-state index in [1.807, 2.05) is 55.6 Å². The van der Waals surface area contributed by atoms with Gasteiger partial charge in [0.2, 0.25) is 0 Å². The third kappa shape index (κ3) is 3.19. The van der Waals surface area contributed by atoms with Gasteiger partial charge in [-0.05, 0) is 48.9 Å². The van der Waals surface area contributed by atoms with Gasteiger partial charge < -0.3 is 14.9 Å². The van der Waals surface area contributed by atoms with E-state index in [4.69, 9.17) is 15.5 Å². The van der Waals surface area contributed by atoms with E-state index in [0.717, 1.165) is 33.9 Å². The Hall–Kier alpha value is -2.59. The first-order valence-corrected chi connectivity index (χ1v) is 8.15. The highest BCUT2D eigenvalue weighted by Gasteiger charge is 2.18. The van der Waals surface area contributed by atoms with Crippen molar-refractivity contribution in [2.75, 3.05) is 13.2 Å². The molecule has 0 fully saturated rings. The monoisotopic (exact) mass is 321 g/mol. The van der Waals surface area contributed by atoms with Gasteiger partial charge in [0, 0.05) is 24.2 Å². The van der Waals surface area contributed by atoms with E-state index in [2.05, 4.69) is 17.9 Å². The predicted molar refractivity (Wildman–Crippen MR) is 98.4 cm³/mol. The van der Waals surface area contributed by atoms with Crippen LogP contribution in [0.3, 0.4) is 0 Å². The van der Waals surface area contributed by atoms with Crippen molar-refractivity contribution in [3.05, 3.63) is 66.5 Å². The second kappa shape index (κ2) is 6.89. The Labute approximate surface area is 142 Å². The van der Waals surface area contributed by atoms with Crippen LogP contribution in [0.4, 0.5) is 0 Å². The molecule has 0 saturated heterocycles. The van der Waals surface area contributed by atoms with E-state index < -0.39 is 0 Å². The largest absolute Gasteiger partial charge is 0.489 e. The average molecular weight is 321 g/mol. The van der Waals surface area contributed by atoms with Crippen LogP contribution in [0.2, 0.25) is 0 Å². The number of benzene rings is 1. The number of nitrogens with two attached hydrogens (primary N) is 1.